The Labute approximate surface area is 203 Å². The third-order valence-electron chi connectivity index (χ3n) is 12.6. The molecule has 5 aliphatic carbocycles. The van der Waals surface area contributed by atoms with Gasteiger partial charge in [-0.25, -0.2) is 0 Å². The van der Waals surface area contributed by atoms with Crippen LogP contribution < -0.4 is 0 Å². The van der Waals surface area contributed by atoms with Gasteiger partial charge < -0.3 is 4.74 Å². The van der Waals surface area contributed by atoms with E-state index in [0.29, 0.717) is 22.2 Å². The van der Waals surface area contributed by atoms with Crippen LogP contribution in [0.2, 0.25) is 0 Å². The molecule has 0 aromatic rings. The third-order valence-corrected chi connectivity index (χ3v) is 12.6. The summed E-state index contributed by atoms with van der Waals surface area (Å²) in [6.07, 6.45) is 14.8. The zero-order chi connectivity index (χ0) is 24.0. The first-order valence-electron chi connectivity index (χ1n) is 14.2. The zero-order valence-electron chi connectivity index (χ0n) is 22.8. The summed E-state index contributed by atoms with van der Waals surface area (Å²) >= 11 is 0. The summed E-state index contributed by atoms with van der Waals surface area (Å²) in [6.45, 7) is 19.3. The van der Waals surface area contributed by atoms with Crippen LogP contribution in [0.15, 0.2) is 11.6 Å². The summed E-state index contributed by atoms with van der Waals surface area (Å²) in [5.41, 5.74) is 3.26. The highest BCUT2D eigenvalue weighted by Crippen LogP contribution is 2.72. The van der Waals surface area contributed by atoms with Gasteiger partial charge in [0.1, 0.15) is 6.10 Å². The quantitative estimate of drug-likeness (QED) is 0.310. The molecule has 9 atom stereocenters. The molecule has 0 spiro atoms. The Bertz CT molecular complexity index is 838. The van der Waals surface area contributed by atoms with Gasteiger partial charge in [-0.2, -0.15) is 0 Å². The van der Waals surface area contributed by atoms with Crippen molar-refractivity contribution < 1.29 is 9.53 Å². The molecule has 5 aliphatic rings. The first-order chi connectivity index (χ1) is 15.3. The number of rotatable bonds is 2. The van der Waals surface area contributed by atoms with E-state index in [2.05, 4.69) is 54.5 Å². The molecule has 0 heterocycles. The minimum atomic E-state index is -0.107. The molecule has 33 heavy (non-hydrogen) atoms. The lowest BCUT2D eigenvalue weighted by Gasteiger charge is -2.66. The number of carbonyl (C=O) groups excluding carboxylic acids is 1. The first kappa shape index (κ1) is 23.9. The number of esters is 1. The number of hydrogen-bond donors (Lipinski definition) is 0. The summed E-state index contributed by atoms with van der Waals surface area (Å²) in [5, 5.41) is 0. The lowest BCUT2D eigenvalue weighted by atomic mass is 9.39. The monoisotopic (exact) mass is 454 g/mol. The molecule has 0 radical (unpaired) electrons. The SMILES string of the molecule is CC(=O)O[C@H]1CC[C@]2(C)[C@H]3CC=C4[C@H]5[C@H](C(C)C)CC[C@]5(C)CC[C@@]4(C)[C@@H]3CC[C@H]2C1(C)C. The van der Waals surface area contributed by atoms with Crippen LogP contribution in [0.1, 0.15) is 113 Å². The fraction of sp³-hybridized carbons (Fsp3) is 0.903. The third kappa shape index (κ3) is 3.27. The van der Waals surface area contributed by atoms with Crippen molar-refractivity contribution in [1.82, 2.24) is 0 Å². The Balaban J connectivity index is 1.49. The normalized spacial score (nSPS) is 50.5. The summed E-state index contributed by atoms with van der Waals surface area (Å²) < 4.78 is 5.88. The van der Waals surface area contributed by atoms with Gasteiger partial charge in [0.2, 0.25) is 0 Å². The largest absolute Gasteiger partial charge is 0.462 e. The first-order valence-corrected chi connectivity index (χ1v) is 14.2. The van der Waals surface area contributed by atoms with Crippen LogP contribution in [-0.2, 0) is 9.53 Å². The van der Waals surface area contributed by atoms with Gasteiger partial charge in [0, 0.05) is 12.3 Å². The summed E-state index contributed by atoms with van der Waals surface area (Å²) in [5.74, 6) is 4.64. The molecule has 0 amide bonds. The molecule has 0 bridgehead atoms. The molecule has 2 nitrogen and oxygen atoms in total. The summed E-state index contributed by atoms with van der Waals surface area (Å²) in [7, 11) is 0. The molecule has 0 aliphatic heterocycles. The smallest absolute Gasteiger partial charge is 0.302 e. The predicted molar refractivity (Wildman–Crippen MR) is 136 cm³/mol. The molecule has 5 rings (SSSR count). The fourth-order valence-electron chi connectivity index (χ4n) is 10.8. The van der Waals surface area contributed by atoms with E-state index in [1.807, 2.05) is 5.57 Å². The Hall–Kier alpha value is -0.790. The standard InChI is InChI=1S/C31H50O2/c1-19(2)21-13-15-29(6)17-18-30(7)22-11-12-25-28(4,5)26(33-20(3)32)14-16-31(25,8)23(22)9-10-24(30)27(21)29/h10,19,21-23,25-27H,9,11-18H2,1-8H3/t21-,22+,23-,25-,26-,27+,29+,30-,31+/m0/s1. The lowest BCUT2D eigenvalue weighted by molar-refractivity contribution is -0.190. The number of allylic oxidation sites excluding steroid dienone is 2. The number of fused-ring (bicyclic) bond motifs is 7. The van der Waals surface area contributed by atoms with E-state index >= 15 is 0 Å². The molecule has 186 valence electrons. The summed E-state index contributed by atoms with van der Waals surface area (Å²) in [6, 6.07) is 0. The molecule has 2 heteroatoms. The van der Waals surface area contributed by atoms with Gasteiger partial charge in [0.15, 0.2) is 0 Å². The van der Waals surface area contributed by atoms with Crippen LogP contribution in [0.3, 0.4) is 0 Å². The Morgan fingerprint density at radius 1 is 0.939 bits per heavy atom. The molecule has 0 N–H and O–H groups in total. The number of hydrogen-bond acceptors (Lipinski definition) is 2. The van der Waals surface area contributed by atoms with Crippen LogP contribution in [0.4, 0.5) is 0 Å². The van der Waals surface area contributed by atoms with Crippen molar-refractivity contribution in [2.24, 2.45) is 57.2 Å². The second-order valence-corrected chi connectivity index (χ2v) is 14.7. The Morgan fingerprint density at radius 3 is 2.33 bits per heavy atom. The number of ether oxygens (including phenoxy) is 1. The van der Waals surface area contributed by atoms with Crippen molar-refractivity contribution in [3.8, 4) is 0 Å². The van der Waals surface area contributed by atoms with Crippen LogP contribution in [-0.4, -0.2) is 12.1 Å². The second-order valence-electron chi connectivity index (χ2n) is 14.7. The highest BCUT2D eigenvalue weighted by atomic mass is 16.5. The highest BCUT2D eigenvalue weighted by Gasteiger charge is 2.64. The van der Waals surface area contributed by atoms with Crippen LogP contribution in [0.25, 0.3) is 0 Å². The predicted octanol–water partition coefficient (Wildman–Crippen LogP) is 8.21. The van der Waals surface area contributed by atoms with Crippen molar-refractivity contribution in [2.45, 2.75) is 119 Å². The maximum atomic E-state index is 11.8. The van der Waals surface area contributed by atoms with Crippen molar-refractivity contribution >= 4 is 5.97 Å². The molecule has 4 fully saturated rings. The lowest BCUT2D eigenvalue weighted by Crippen LogP contribution is -2.60. The van der Waals surface area contributed by atoms with E-state index in [9.17, 15) is 4.79 Å². The van der Waals surface area contributed by atoms with E-state index in [1.165, 1.54) is 51.4 Å². The number of carbonyl (C=O) groups is 1. The summed E-state index contributed by atoms with van der Waals surface area (Å²) in [4.78, 5) is 11.8. The van der Waals surface area contributed by atoms with Gasteiger partial charge >= 0.3 is 5.97 Å². The zero-order valence-corrected chi connectivity index (χ0v) is 22.8. The topological polar surface area (TPSA) is 26.3 Å². The van der Waals surface area contributed by atoms with Gasteiger partial charge in [-0.1, -0.05) is 60.1 Å². The van der Waals surface area contributed by atoms with Gasteiger partial charge in [0.25, 0.3) is 0 Å². The van der Waals surface area contributed by atoms with Gasteiger partial charge in [-0.05, 0) is 110 Å². The molecule has 4 saturated carbocycles. The maximum absolute atomic E-state index is 11.8. The molecule has 0 saturated heterocycles. The van der Waals surface area contributed by atoms with E-state index in [1.54, 1.807) is 6.92 Å². The minimum Gasteiger partial charge on any atom is -0.462 e. The maximum Gasteiger partial charge on any atom is 0.302 e. The minimum absolute atomic E-state index is 0.0634. The fourth-order valence-corrected chi connectivity index (χ4v) is 10.8. The van der Waals surface area contributed by atoms with Gasteiger partial charge in [0.05, 0.1) is 0 Å². The van der Waals surface area contributed by atoms with Crippen LogP contribution in [0.5, 0.6) is 0 Å². The molecule has 0 aromatic heterocycles. The second kappa shape index (κ2) is 7.60. The average molecular weight is 455 g/mol. The molecular weight excluding hydrogens is 404 g/mol. The Morgan fingerprint density at radius 2 is 1.67 bits per heavy atom. The van der Waals surface area contributed by atoms with Crippen molar-refractivity contribution in [3.63, 3.8) is 0 Å². The van der Waals surface area contributed by atoms with Crippen molar-refractivity contribution in [1.29, 1.82) is 0 Å². The van der Waals surface area contributed by atoms with Gasteiger partial charge in [-0.15, -0.1) is 0 Å². The van der Waals surface area contributed by atoms with Crippen molar-refractivity contribution in [3.05, 3.63) is 11.6 Å². The molecular formula is C31H50O2. The van der Waals surface area contributed by atoms with Gasteiger partial charge in [-0.3, -0.25) is 4.79 Å². The van der Waals surface area contributed by atoms with Crippen LogP contribution >= 0.6 is 0 Å². The molecule has 0 aromatic carbocycles. The van der Waals surface area contributed by atoms with E-state index < -0.39 is 0 Å². The van der Waals surface area contributed by atoms with E-state index in [4.69, 9.17) is 4.74 Å². The van der Waals surface area contributed by atoms with E-state index in [0.717, 1.165) is 36.0 Å². The van der Waals surface area contributed by atoms with Crippen LogP contribution in [0, 0.1) is 57.2 Å². The molecule has 0 unspecified atom stereocenters. The average Bonchev–Trinajstić information content (AvgIpc) is 3.08. The van der Waals surface area contributed by atoms with E-state index in [-0.39, 0.29) is 17.5 Å². The highest BCUT2D eigenvalue weighted by molar-refractivity contribution is 5.66. The Kier molecular flexibility index (Phi) is 5.51. The van der Waals surface area contributed by atoms with Crippen molar-refractivity contribution in [2.75, 3.05) is 0 Å².